The first-order chi connectivity index (χ1) is 7.22. The Kier molecular flexibility index (Phi) is 3.68. The van der Waals surface area contributed by atoms with Gasteiger partial charge in [0, 0.05) is 13.1 Å². The van der Waals surface area contributed by atoms with Gasteiger partial charge in [-0.15, -0.1) is 0 Å². The molecule has 0 aromatic carbocycles. The van der Waals surface area contributed by atoms with Crippen LogP contribution in [-0.4, -0.2) is 35.2 Å². The topological polar surface area (TPSA) is 23.5 Å². The highest BCUT2D eigenvalue weighted by molar-refractivity contribution is 4.87. The van der Waals surface area contributed by atoms with E-state index in [2.05, 4.69) is 11.8 Å². The normalized spacial score (nSPS) is 25.8. The van der Waals surface area contributed by atoms with Crippen LogP contribution >= 0.6 is 0 Å². The summed E-state index contributed by atoms with van der Waals surface area (Å²) in [6.07, 6.45) is 8.62. The molecule has 0 aromatic rings. The van der Waals surface area contributed by atoms with Crippen LogP contribution in [0.5, 0.6) is 0 Å². The Morgan fingerprint density at radius 2 is 1.87 bits per heavy atom. The fraction of sp³-hybridized carbons (Fsp3) is 1.00. The van der Waals surface area contributed by atoms with Gasteiger partial charge in [-0.25, -0.2) is 0 Å². The van der Waals surface area contributed by atoms with Crippen molar-refractivity contribution < 1.29 is 5.11 Å². The Bertz CT molecular complexity index is 195. The molecule has 2 rings (SSSR count). The lowest BCUT2D eigenvalue weighted by Gasteiger charge is -2.36. The predicted octanol–water partition coefficient (Wildman–Crippen LogP) is 2.41. The molecule has 1 N–H and O–H groups in total. The van der Waals surface area contributed by atoms with Gasteiger partial charge in [0.2, 0.25) is 0 Å². The molecular formula is C13H25NO. The van der Waals surface area contributed by atoms with Gasteiger partial charge < -0.3 is 10.0 Å². The lowest BCUT2D eigenvalue weighted by atomic mass is 9.84. The third kappa shape index (κ3) is 3.46. The van der Waals surface area contributed by atoms with Crippen molar-refractivity contribution in [1.29, 1.82) is 0 Å². The smallest absolute Gasteiger partial charge is 0.0774 e. The van der Waals surface area contributed by atoms with Crippen LogP contribution in [0.25, 0.3) is 0 Å². The summed E-state index contributed by atoms with van der Waals surface area (Å²) in [6, 6.07) is 0. The van der Waals surface area contributed by atoms with Gasteiger partial charge in [-0.3, -0.25) is 0 Å². The van der Waals surface area contributed by atoms with Crippen LogP contribution in [0, 0.1) is 5.92 Å². The molecule has 2 fully saturated rings. The van der Waals surface area contributed by atoms with Crippen molar-refractivity contribution in [3.8, 4) is 0 Å². The molecule has 2 aliphatic carbocycles. The van der Waals surface area contributed by atoms with Gasteiger partial charge in [-0.1, -0.05) is 26.2 Å². The van der Waals surface area contributed by atoms with Crippen molar-refractivity contribution in [3.63, 3.8) is 0 Å². The van der Waals surface area contributed by atoms with Crippen LogP contribution in [0.3, 0.4) is 0 Å². The minimum absolute atomic E-state index is 0.358. The predicted molar refractivity (Wildman–Crippen MR) is 62.9 cm³/mol. The van der Waals surface area contributed by atoms with Crippen molar-refractivity contribution in [2.24, 2.45) is 5.92 Å². The minimum Gasteiger partial charge on any atom is -0.389 e. The first kappa shape index (κ1) is 11.4. The largest absolute Gasteiger partial charge is 0.389 e. The Balaban J connectivity index is 1.80. The van der Waals surface area contributed by atoms with Crippen LogP contribution in [-0.2, 0) is 0 Å². The summed E-state index contributed by atoms with van der Waals surface area (Å²) in [7, 11) is 0. The van der Waals surface area contributed by atoms with E-state index in [1.54, 1.807) is 0 Å². The van der Waals surface area contributed by atoms with E-state index < -0.39 is 0 Å². The molecule has 88 valence electrons. The third-order valence-corrected chi connectivity index (χ3v) is 3.96. The number of hydrogen-bond acceptors (Lipinski definition) is 2. The van der Waals surface area contributed by atoms with Gasteiger partial charge in [0.05, 0.1) is 5.60 Å². The van der Waals surface area contributed by atoms with E-state index in [9.17, 15) is 5.11 Å². The summed E-state index contributed by atoms with van der Waals surface area (Å²) in [5.41, 5.74) is -0.358. The van der Waals surface area contributed by atoms with Crippen molar-refractivity contribution >= 4 is 0 Å². The van der Waals surface area contributed by atoms with Gasteiger partial charge in [-0.2, -0.15) is 0 Å². The summed E-state index contributed by atoms with van der Waals surface area (Å²) in [5, 5.41) is 10.5. The summed E-state index contributed by atoms with van der Waals surface area (Å²) >= 11 is 0. The summed E-state index contributed by atoms with van der Waals surface area (Å²) < 4.78 is 0. The Morgan fingerprint density at radius 3 is 2.40 bits per heavy atom. The fourth-order valence-corrected chi connectivity index (χ4v) is 2.76. The molecule has 15 heavy (non-hydrogen) atoms. The second-order valence-corrected chi connectivity index (χ2v) is 5.56. The molecule has 2 aliphatic rings. The Morgan fingerprint density at radius 1 is 1.20 bits per heavy atom. The molecule has 0 atom stereocenters. The molecule has 0 spiro atoms. The second-order valence-electron chi connectivity index (χ2n) is 5.56. The number of hydrogen-bond donors (Lipinski definition) is 1. The van der Waals surface area contributed by atoms with Crippen molar-refractivity contribution in [2.75, 3.05) is 19.6 Å². The van der Waals surface area contributed by atoms with Gasteiger partial charge in [0.1, 0.15) is 0 Å². The summed E-state index contributed by atoms with van der Waals surface area (Å²) in [4.78, 5) is 2.46. The van der Waals surface area contributed by atoms with Crippen LogP contribution in [0.2, 0.25) is 0 Å². The quantitative estimate of drug-likeness (QED) is 0.755. The molecule has 0 radical (unpaired) electrons. The third-order valence-electron chi connectivity index (χ3n) is 3.96. The van der Waals surface area contributed by atoms with Crippen LogP contribution < -0.4 is 0 Å². The minimum atomic E-state index is -0.358. The van der Waals surface area contributed by atoms with Crippen molar-refractivity contribution in [3.05, 3.63) is 0 Å². The average molecular weight is 211 g/mol. The molecule has 2 saturated carbocycles. The van der Waals surface area contributed by atoms with Gasteiger partial charge in [-0.05, 0) is 38.1 Å². The highest BCUT2D eigenvalue weighted by atomic mass is 16.3. The molecule has 0 aliphatic heterocycles. The van der Waals surface area contributed by atoms with Gasteiger partial charge >= 0.3 is 0 Å². The summed E-state index contributed by atoms with van der Waals surface area (Å²) in [5.74, 6) is 0.942. The van der Waals surface area contributed by atoms with Crippen LogP contribution in [0.15, 0.2) is 0 Å². The zero-order chi connectivity index (χ0) is 10.7. The van der Waals surface area contributed by atoms with E-state index in [0.717, 1.165) is 31.8 Å². The monoisotopic (exact) mass is 211 g/mol. The average Bonchev–Trinajstić information content (AvgIpc) is 3.01. The van der Waals surface area contributed by atoms with Crippen molar-refractivity contribution in [2.45, 2.75) is 57.5 Å². The van der Waals surface area contributed by atoms with E-state index in [-0.39, 0.29) is 5.60 Å². The molecule has 0 saturated heterocycles. The van der Waals surface area contributed by atoms with Crippen LogP contribution in [0.4, 0.5) is 0 Å². The molecule has 0 amide bonds. The van der Waals surface area contributed by atoms with Crippen LogP contribution in [0.1, 0.15) is 51.9 Å². The highest BCUT2D eigenvalue weighted by Gasteiger charge is 2.32. The number of nitrogens with zero attached hydrogens (tertiary/aromatic N) is 1. The first-order valence-corrected chi connectivity index (χ1v) is 6.66. The lowest BCUT2D eigenvalue weighted by molar-refractivity contribution is -0.0260. The maximum atomic E-state index is 10.5. The SMILES string of the molecule is CCN(CC1CC1)CC1(O)CCCCC1. The molecule has 0 bridgehead atoms. The summed E-state index contributed by atoms with van der Waals surface area (Å²) in [6.45, 7) is 5.45. The lowest BCUT2D eigenvalue weighted by Crippen LogP contribution is -2.45. The zero-order valence-corrected chi connectivity index (χ0v) is 10.0. The van der Waals surface area contributed by atoms with Crippen molar-refractivity contribution in [1.82, 2.24) is 4.90 Å². The standard InChI is InChI=1S/C13H25NO/c1-2-14(10-12-6-7-12)11-13(15)8-4-3-5-9-13/h12,15H,2-11H2,1H3. The van der Waals surface area contributed by atoms with Gasteiger partial charge in [0.15, 0.2) is 0 Å². The Hall–Kier alpha value is -0.0800. The van der Waals surface area contributed by atoms with E-state index in [1.165, 1.54) is 38.6 Å². The number of likely N-dealkylation sites (N-methyl/N-ethyl adjacent to an activating group) is 1. The zero-order valence-electron chi connectivity index (χ0n) is 10.0. The molecule has 0 unspecified atom stereocenters. The Labute approximate surface area is 93.7 Å². The maximum Gasteiger partial charge on any atom is 0.0774 e. The van der Waals surface area contributed by atoms with E-state index in [4.69, 9.17) is 0 Å². The molecule has 2 heteroatoms. The molecule has 0 heterocycles. The number of aliphatic hydroxyl groups is 1. The van der Waals surface area contributed by atoms with Gasteiger partial charge in [0.25, 0.3) is 0 Å². The van der Waals surface area contributed by atoms with E-state index in [1.807, 2.05) is 0 Å². The molecular weight excluding hydrogens is 186 g/mol. The fourth-order valence-electron chi connectivity index (χ4n) is 2.76. The highest BCUT2D eigenvalue weighted by Crippen LogP contribution is 2.32. The second kappa shape index (κ2) is 4.84. The van der Waals surface area contributed by atoms with E-state index >= 15 is 0 Å². The first-order valence-electron chi connectivity index (χ1n) is 6.66. The maximum absolute atomic E-state index is 10.5. The molecule has 0 aromatic heterocycles. The number of rotatable bonds is 5. The molecule has 2 nitrogen and oxygen atoms in total. The van der Waals surface area contributed by atoms with E-state index in [0.29, 0.717) is 0 Å².